The van der Waals surface area contributed by atoms with Gasteiger partial charge in [-0.25, -0.2) is 4.79 Å². The van der Waals surface area contributed by atoms with E-state index in [0.717, 1.165) is 5.56 Å². The molecule has 100 valence electrons. The van der Waals surface area contributed by atoms with Crippen molar-refractivity contribution in [2.75, 3.05) is 18.2 Å². The summed E-state index contributed by atoms with van der Waals surface area (Å²) in [6, 6.07) is 9.16. The van der Waals surface area contributed by atoms with Crippen LogP contribution in [-0.2, 0) is 16.0 Å². The molecule has 1 heterocycles. The van der Waals surface area contributed by atoms with Gasteiger partial charge in [0, 0.05) is 6.42 Å². The number of ether oxygens (including phenoxy) is 1. The van der Waals surface area contributed by atoms with E-state index in [-0.39, 0.29) is 5.97 Å². The third-order valence-electron chi connectivity index (χ3n) is 2.51. The Morgan fingerprint density at radius 3 is 2.74 bits per heavy atom. The van der Waals surface area contributed by atoms with Crippen LogP contribution in [0.25, 0.3) is 0 Å². The van der Waals surface area contributed by atoms with E-state index in [1.165, 1.54) is 18.4 Å². The second-order valence-corrected chi connectivity index (χ2v) is 4.86. The SMILES string of the molecule is COC(=O)C(Cc1ccccc1)Nc1nnc(N)s1. The summed E-state index contributed by atoms with van der Waals surface area (Å²) in [5.74, 6) is -0.349. The average Bonchev–Trinajstić information content (AvgIpc) is 2.84. The predicted molar refractivity (Wildman–Crippen MR) is 73.9 cm³/mol. The summed E-state index contributed by atoms with van der Waals surface area (Å²) in [5.41, 5.74) is 6.53. The Morgan fingerprint density at radius 1 is 1.42 bits per heavy atom. The summed E-state index contributed by atoms with van der Waals surface area (Å²) in [4.78, 5) is 11.8. The van der Waals surface area contributed by atoms with Crippen LogP contribution in [0.3, 0.4) is 0 Å². The number of hydrogen-bond acceptors (Lipinski definition) is 7. The predicted octanol–water partition coefficient (Wildman–Crippen LogP) is 1.32. The van der Waals surface area contributed by atoms with Crippen LogP contribution in [0.2, 0.25) is 0 Å². The Kier molecular flexibility index (Phi) is 4.30. The fourth-order valence-electron chi connectivity index (χ4n) is 1.63. The smallest absolute Gasteiger partial charge is 0.328 e. The number of nitrogens with zero attached hydrogens (tertiary/aromatic N) is 2. The summed E-state index contributed by atoms with van der Waals surface area (Å²) in [5, 5.41) is 11.4. The number of rotatable bonds is 5. The normalized spacial score (nSPS) is 11.8. The zero-order valence-electron chi connectivity index (χ0n) is 10.4. The zero-order chi connectivity index (χ0) is 13.7. The average molecular weight is 278 g/mol. The van der Waals surface area contributed by atoms with Gasteiger partial charge in [-0.15, -0.1) is 10.2 Å². The van der Waals surface area contributed by atoms with E-state index in [4.69, 9.17) is 10.5 Å². The Morgan fingerprint density at radius 2 is 2.16 bits per heavy atom. The van der Waals surface area contributed by atoms with Crippen molar-refractivity contribution in [3.63, 3.8) is 0 Å². The highest BCUT2D eigenvalue weighted by Crippen LogP contribution is 2.18. The molecule has 2 rings (SSSR count). The highest BCUT2D eigenvalue weighted by atomic mass is 32.1. The molecule has 0 saturated heterocycles. The van der Waals surface area contributed by atoms with Gasteiger partial charge >= 0.3 is 5.97 Å². The van der Waals surface area contributed by atoms with Crippen molar-refractivity contribution in [3.8, 4) is 0 Å². The number of anilines is 2. The van der Waals surface area contributed by atoms with Gasteiger partial charge in [-0.2, -0.15) is 0 Å². The van der Waals surface area contributed by atoms with E-state index in [9.17, 15) is 4.79 Å². The minimum Gasteiger partial charge on any atom is -0.467 e. The minimum absolute atomic E-state index is 0.349. The van der Waals surface area contributed by atoms with Gasteiger partial charge in [0.2, 0.25) is 10.3 Å². The van der Waals surface area contributed by atoms with Gasteiger partial charge < -0.3 is 15.8 Å². The molecular weight excluding hydrogens is 264 g/mol. The number of methoxy groups -OCH3 is 1. The number of nitrogens with two attached hydrogens (primary N) is 1. The lowest BCUT2D eigenvalue weighted by molar-refractivity contribution is -0.141. The monoisotopic (exact) mass is 278 g/mol. The van der Waals surface area contributed by atoms with Crippen molar-refractivity contribution in [2.45, 2.75) is 12.5 Å². The first-order valence-corrected chi connectivity index (χ1v) is 6.48. The molecule has 3 N–H and O–H groups in total. The van der Waals surface area contributed by atoms with Gasteiger partial charge in [0.25, 0.3) is 0 Å². The fraction of sp³-hybridized carbons (Fsp3) is 0.250. The molecule has 0 radical (unpaired) electrons. The van der Waals surface area contributed by atoms with Crippen LogP contribution in [0.4, 0.5) is 10.3 Å². The van der Waals surface area contributed by atoms with Crippen LogP contribution in [0.15, 0.2) is 30.3 Å². The third-order valence-corrected chi connectivity index (χ3v) is 3.19. The van der Waals surface area contributed by atoms with Crippen LogP contribution in [0.5, 0.6) is 0 Å². The zero-order valence-corrected chi connectivity index (χ0v) is 11.2. The van der Waals surface area contributed by atoms with Crippen molar-refractivity contribution < 1.29 is 9.53 Å². The molecule has 0 spiro atoms. The first kappa shape index (κ1) is 13.3. The van der Waals surface area contributed by atoms with E-state index in [1.807, 2.05) is 30.3 Å². The molecule has 6 nitrogen and oxygen atoms in total. The van der Waals surface area contributed by atoms with Gasteiger partial charge in [-0.3, -0.25) is 0 Å². The van der Waals surface area contributed by atoms with Crippen LogP contribution >= 0.6 is 11.3 Å². The molecule has 1 aromatic heterocycles. The van der Waals surface area contributed by atoms with E-state index in [2.05, 4.69) is 15.5 Å². The molecule has 1 unspecified atom stereocenters. The van der Waals surface area contributed by atoms with Crippen molar-refractivity contribution in [2.24, 2.45) is 0 Å². The number of carbonyl (C=O) groups excluding carboxylic acids is 1. The molecule has 0 aliphatic carbocycles. The molecule has 7 heteroatoms. The molecule has 1 aromatic carbocycles. The van der Waals surface area contributed by atoms with E-state index in [0.29, 0.717) is 16.7 Å². The molecule has 0 fully saturated rings. The first-order chi connectivity index (χ1) is 9.19. The minimum atomic E-state index is -0.514. The maximum absolute atomic E-state index is 11.8. The molecule has 0 aliphatic rings. The Bertz CT molecular complexity index is 544. The van der Waals surface area contributed by atoms with Crippen LogP contribution in [0.1, 0.15) is 5.56 Å². The van der Waals surface area contributed by atoms with Gasteiger partial charge in [-0.05, 0) is 5.56 Å². The highest BCUT2D eigenvalue weighted by Gasteiger charge is 2.21. The summed E-state index contributed by atoms with van der Waals surface area (Å²) >= 11 is 1.19. The molecule has 0 saturated carbocycles. The lowest BCUT2D eigenvalue weighted by Crippen LogP contribution is -2.32. The van der Waals surface area contributed by atoms with Crippen molar-refractivity contribution >= 4 is 27.6 Å². The lowest BCUT2D eigenvalue weighted by atomic mass is 10.1. The number of benzene rings is 1. The molecule has 1 atom stereocenters. The lowest BCUT2D eigenvalue weighted by Gasteiger charge is -2.15. The third kappa shape index (κ3) is 3.65. The maximum Gasteiger partial charge on any atom is 0.328 e. The standard InChI is InChI=1S/C12H14N4O2S/c1-18-10(17)9(7-8-5-3-2-4-6-8)14-12-16-15-11(13)19-12/h2-6,9H,7H2,1H3,(H2,13,15)(H,14,16). The summed E-state index contributed by atoms with van der Waals surface area (Å²) in [6.07, 6.45) is 0.507. The fourth-order valence-corrected chi connectivity index (χ4v) is 2.19. The largest absolute Gasteiger partial charge is 0.467 e. The van der Waals surface area contributed by atoms with E-state index < -0.39 is 6.04 Å². The molecule has 19 heavy (non-hydrogen) atoms. The number of hydrogen-bond donors (Lipinski definition) is 2. The second-order valence-electron chi connectivity index (χ2n) is 3.86. The molecule has 0 bridgehead atoms. The summed E-state index contributed by atoms with van der Waals surface area (Å²) in [6.45, 7) is 0. The first-order valence-electron chi connectivity index (χ1n) is 5.66. The van der Waals surface area contributed by atoms with Crippen molar-refractivity contribution in [1.82, 2.24) is 10.2 Å². The molecule has 0 amide bonds. The number of nitrogen functional groups attached to an aromatic ring is 1. The quantitative estimate of drug-likeness (QED) is 0.802. The number of nitrogens with one attached hydrogen (secondary N) is 1. The Hall–Kier alpha value is -2.15. The van der Waals surface area contributed by atoms with E-state index in [1.54, 1.807) is 0 Å². The highest BCUT2D eigenvalue weighted by molar-refractivity contribution is 7.18. The number of aromatic nitrogens is 2. The summed E-state index contributed by atoms with van der Waals surface area (Å²) in [7, 11) is 1.36. The van der Waals surface area contributed by atoms with E-state index >= 15 is 0 Å². The van der Waals surface area contributed by atoms with Crippen LogP contribution < -0.4 is 11.1 Å². The van der Waals surface area contributed by atoms with Gasteiger partial charge in [0.15, 0.2) is 0 Å². The molecule has 0 aliphatic heterocycles. The number of carbonyl (C=O) groups is 1. The second kappa shape index (κ2) is 6.14. The van der Waals surface area contributed by atoms with Crippen molar-refractivity contribution in [1.29, 1.82) is 0 Å². The van der Waals surface area contributed by atoms with Gasteiger partial charge in [-0.1, -0.05) is 41.7 Å². The summed E-state index contributed by atoms with van der Waals surface area (Å²) < 4.78 is 4.79. The topological polar surface area (TPSA) is 90.1 Å². The van der Waals surface area contributed by atoms with Gasteiger partial charge in [0.05, 0.1) is 7.11 Å². The molecular formula is C12H14N4O2S. The maximum atomic E-state index is 11.8. The van der Waals surface area contributed by atoms with Gasteiger partial charge in [0.1, 0.15) is 6.04 Å². The van der Waals surface area contributed by atoms with Crippen LogP contribution in [0, 0.1) is 0 Å². The Balaban J connectivity index is 2.10. The van der Waals surface area contributed by atoms with Crippen LogP contribution in [-0.4, -0.2) is 29.3 Å². The molecule has 2 aromatic rings. The Labute approximate surface area is 114 Å². The number of esters is 1. The van der Waals surface area contributed by atoms with Crippen molar-refractivity contribution in [3.05, 3.63) is 35.9 Å².